The van der Waals surface area contributed by atoms with Gasteiger partial charge in [-0.15, -0.1) is 0 Å². The molecular formula is C26H30N8O5. The third-order valence-electron chi connectivity index (χ3n) is 5.40. The van der Waals surface area contributed by atoms with E-state index in [4.69, 9.17) is 20.9 Å². The Morgan fingerprint density at radius 3 is 2.44 bits per heavy atom. The third kappa shape index (κ3) is 7.95. The fraction of sp³-hybridized carbons (Fsp3) is 0.269. The van der Waals surface area contributed by atoms with E-state index < -0.39 is 23.9 Å². The largest absolute Gasteiger partial charge is 0.461 e. The van der Waals surface area contributed by atoms with Crippen molar-refractivity contribution in [1.29, 1.82) is 0 Å². The van der Waals surface area contributed by atoms with Crippen molar-refractivity contribution < 1.29 is 23.9 Å². The van der Waals surface area contributed by atoms with E-state index in [1.54, 1.807) is 30.5 Å². The predicted octanol–water partition coefficient (Wildman–Crippen LogP) is 1.56. The second kappa shape index (κ2) is 13.5. The first-order chi connectivity index (χ1) is 18.7. The highest BCUT2D eigenvalue weighted by Crippen LogP contribution is 2.19. The van der Waals surface area contributed by atoms with Crippen LogP contribution in [0.15, 0.2) is 55.8 Å². The number of nitrogens with zero attached hydrogens (tertiary/aromatic N) is 5. The Labute approximate surface area is 224 Å². The van der Waals surface area contributed by atoms with Crippen LogP contribution in [0.2, 0.25) is 0 Å². The topological polar surface area (TPSA) is 189 Å². The molecule has 0 aliphatic heterocycles. The second-order valence-electron chi connectivity index (χ2n) is 8.36. The summed E-state index contributed by atoms with van der Waals surface area (Å²) in [4.78, 5) is 55.7. The summed E-state index contributed by atoms with van der Waals surface area (Å²) in [5, 5.41) is 2.63. The normalized spacial score (nSPS) is 11.3. The van der Waals surface area contributed by atoms with Gasteiger partial charge in [0, 0.05) is 24.7 Å². The summed E-state index contributed by atoms with van der Waals surface area (Å²) in [5.41, 5.74) is 13.9. The minimum atomic E-state index is -1.05. The maximum absolute atomic E-state index is 12.9. The monoisotopic (exact) mass is 534 g/mol. The Bertz CT molecular complexity index is 1360. The number of nitrogen functional groups attached to an aromatic ring is 2. The summed E-state index contributed by atoms with van der Waals surface area (Å²) >= 11 is 0. The van der Waals surface area contributed by atoms with Crippen molar-refractivity contribution in [3.8, 4) is 0 Å². The van der Waals surface area contributed by atoms with Crippen LogP contribution in [0.25, 0.3) is 11.2 Å². The number of hydrogen-bond donors (Lipinski definition) is 3. The van der Waals surface area contributed by atoms with Crippen LogP contribution in [-0.4, -0.2) is 64.1 Å². The molecule has 0 unspecified atom stereocenters. The van der Waals surface area contributed by atoms with E-state index in [9.17, 15) is 14.4 Å². The molecule has 0 saturated carbocycles. The standard InChI is InChI=1S/C26H30N8O5/c1-4-12-38-20(35)11-10-19(25(37)39-13-5-2)31-24(36)16-6-8-18(9-7-16)34(3)15-17-14-29-23-21(30-17)22(27)32-26(28)33-23/h4-9,14,19H,1-2,10-13,15H2,3H3,(H,31,36)(H4,27,28,29,32,33)/t19-/m0/s1. The Morgan fingerprint density at radius 2 is 1.74 bits per heavy atom. The first kappa shape index (κ1) is 28.5. The maximum atomic E-state index is 12.9. The summed E-state index contributed by atoms with van der Waals surface area (Å²) in [6.07, 6.45) is 4.34. The van der Waals surface area contributed by atoms with Crippen LogP contribution in [0.3, 0.4) is 0 Å². The zero-order valence-corrected chi connectivity index (χ0v) is 21.5. The number of nitrogens with one attached hydrogen (secondary N) is 1. The summed E-state index contributed by atoms with van der Waals surface area (Å²) in [5.74, 6) is -1.53. The molecule has 0 bridgehead atoms. The maximum Gasteiger partial charge on any atom is 0.328 e. The molecule has 204 valence electrons. The van der Waals surface area contributed by atoms with Crippen LogP contribution in [0.1, 0.15) is 28.9 Å². The lowest BCUT2D eigenvalue weighted by molar-refractivity contribution is -0.146. The van der Waals surface area contributed by atoms with Gasteiger partial charge in [0.15, 0.2) is 17.0 Å². The fourth-order valence-corrected chi connectivity index (χ4v) is 3.48. The Balaban J connectivity index is 1.65. The summed E-state index contributed by atoms with van der Waals surface area (Å²) in [6, 6.07) is 5.69. The Hall–Kier alpha value is -5.07. The average molecular weight is 535 g/mol. The number of anilines is 3. The van der Waals surface area contributed by atoms with Gasteiger partial charge in [-0.3, -0.25) is 9.59 Å². The molecule has 5 N–H and O–H groups in total. The molecule has 0 fully saturated rings. The number of amides is 1. The highest BCUT2D eigenvalue weighted by molar-refractivity contribution is 5.97. The zero-order chi connectivity index (χ0) is 28.4. The van der Waals surface area contributed by atoms with Gasteiger partial charge in [0.25, 0.3) is 5.91 Å². The van der Waals surface area contributed by atoms with Crippen molar-refractivity contribution in [2.45, 2.75) is 25.4 Å². The van der Waals surface area contributed by atoms with Crippen LogP contribution in [0.5, 0.6) is 0 Å². The molecule has 0 aliphatic carbocycles. The van der Waals surface area contributed by atoms with Crippen LogP contribution < -0.4 is 21.7 Å². The van der Waals surface area contributed by atoms with E-state index in [1.165, 1.54) is 12.2 Å². The number of rotatable bonds is 13. The van der Waals surface area contributed by atoms with E-state index in [0.29, 0.717) is 29.0 Å². The second-order valence-corrected chi connectivity index (χ2v) is 8.36. The average Bonchev–Trinajstić information content (AvgIpc) is 2.92. The number of carbonyl (C=O) groups excluding carboxylic acids is 3. The lowest BCUT2D eigenvalue weighted by atomic mass is 10.1. The van der Waals surface area contributed by atoms with E-state index >= 15 is 0 Å². The first-order valence-corrected chi connectivity index (χ1v) is 11.9. The molecule has 2 heterocycles. The van der Waals surface area contributed by atoms with Gasteiger partial charge in [0.1, 0.15) is 19.3 Å². The molecule has 0 radical (unpaired) electrons. The zero-order valence-electron chi connectivity index (χ0n) is 21.5. The number of carbonyl (C=O) groups is 3. The highest BCUT2D eigenvalue weighted by atomic mass is 16.5. The van der Waals surface area contributed by atoms with Gasteiger partial charge < -0.3 is 31.2 Å². The molecule has 0 aliphatic rings. The molecule has 39 heavy (non-hydrogen) atoms. The van der Waals surface area contributed by atoms with Crippen molar-refractivity contribution in [3.63, 3.8) is 0 Å². The predicted molar refractivity (Wildman–Crippen MR) is 145 cm³/mol. The SMILES string of the molecule is C=CCOC(=O)CC[C@H](NC(=O)c1ccc(N(C)Cc2cnc3nc(N)nc(N)c3n2)cc1)C(=O)OCC=C. The van der Waals surface area contributed by atoms with Gasteiger partial charge in [-0.25, -0.2) is 14.8 Å². The summed E-state index contributed by atoms with van der Waals surface area (Å²) < 4.78 is 10.0. The minimum Gasteiger partial charge on any atom is -0.461 e. The molecule has 1 atom stereocenters. The molecule has 3 rings (SSSR count). The van der Waals surface area contributed by atoms with E-state index in [-0.39, 0.29) is 37.8 Å². The molecule has 2 aromatic heterocycles. The highest BCUT2D eigenvalue weighted by Gasteiger charge is 2.24. The summed E-state index contributed by atoms with van der Waals surface area (Å²) in [7, 11) is 1.85. The van der Waals surface area contributed by atoms with E-state index in [0.717, 1.165) is 5.69 Å². The first-order valence-electron chi connectivity index (χ1n) is 11.9. The smallest absolute Gasteiger partial charge is 0.328 e. The van der Waals surface area contributed by atoms with Crippen LogP contribution in [0.4, 0.5) is 17.5 Å². The molecule has 1 aromatic carbocycles. The van der Waals surface area contributed by atoms with Crippen molar-refractivity contribution in [2.24, 2.45) is 0 Å². The number of benzene rings is 1. The molecule has 1 amide bonds. The minimum absolute atomic E-state index is 0.00740. The molecule has 0 spiro atoms. The fourth-order valence-electron chi connectivity index (χ4n) is 3.48. The number of fused-ring (bicyclic) bond motifs is 1. The van der Waals surface area contributed by atoms with Gasteiger partial charge >= 0.3 is 11.9 Å². The van der Waals surface area contributed by atoms with Gasteiger partial charge in [-0.2, -0.15) is 9.97 Å². The molecular weight excluding hydrogens is 504 g/mol. The van der Waals surface area contributed by atoms with Gasteiger partial charge in [0.05, 0.1) is 18.4 Å². The lowest BCUT2D eigenvalue weighted by Crippen LogP contribution is -2.42. The quantitative estimate of drug-likeness (QED) is 0.212. The summed E-state index contributed by atoms with van der Waals surface area (Å²) in [6.45, 7) is 7.40. The van der Waals surface area contributed by atoms with Crippen molar-refractivity contribution in [1.82, 2.24) is 25.3 Å². The Morgan fingerprint density at radius 1 is 1.05 bits per heavy atom. The molecule has 0 saturated heterocycles. The van der Waals surface area contributed by atoms with E-state index in [2.05, 4.69) is 38.4 Å². The molecule has 3 aromatic rings. The molecule has 13 nitrogen and oxygen atoms in total. The molecule has 13 heteroatoms. The lowest BCUT2D eigenvalue weighted by Gasteiger charge is -2.20. The van der Waals surface area contributed by atoms with Crippen molar-refractivity contribution >= 4 is 46.5 Å². The Kier molecular flexibility index (Phi) is 9.84. The van der Waals surface area contributed by atoms with E-state index in [1.807, 2.05) is 11.9 Å². The van der Waals surface area contributed by atoms with Gasteiger partial charge in [0.2, 0.25) is 5.95 Å². The van der Waals surface area contributed by atoms with Crippen molar-refractivity contribution in [3.05, 3.63) is 67.0 Å². The number of nitrogens with two attached hydrogens (primary N) is 2. The van der Waals surface area contributed by atoms with Crippen LogP contribution >= 0.6 is 0 Å². The number of esters is 2. The number of ether oxygens (including phenoxy) is 2. The number of aromatic nitrogens is 4. The van der Waals surface area contributed by atoms with Gasteiger partial charge in [-0.05, 0) is 30.7 Å². The van der Waals surface area contributed by atoms with Crippen molar-refractivity contribution in [2.75, 3.05) is 36.6 Å². The van der Waals surface area contributed by atoms with Gasteiger partial charge in [-0.1, -0.05) is 25.3 Å². The third-order valence-corrected chi connectivity index (χ3v) is 5.40. The van der Waals surface area contributed by atoms with Crippen LogP contribution in [0, 0.1) is 0 Å². The number of hydrogen-bond acceptors (Lipinski definition) is 12. The van der Waals surface area contributed by atoms with Crippen LogP contribution in [-0.2, 0) is 25.6 Å².